The van der Waals surface area contributed by atoms with Crippen LogP contribution in [0.15, 0.2) is 12.1 Å². The first kappa shape index (κ1) is 16.6. The molecule has 0 aromatic heterocycles. The lowest BCUT2D eigenvalue weighted by molar-refractivity contribution is -0.115. The van der Waals surface area contributed by atoms with Gasteiger partial charge in [0.05, 0.1) is 16.4 Å². The number of nitrogens with one attached hydrogen (secondary N) is 1. The highest BCUT2D eigenvalue weighted by molar-refractivity contribution is 7.85. The lowest BCUT2D eigenvalue weighted by atomic mass is 10.2. The van der Waals surface area contributed by atoms with Crippen LogP contribution in [-0.2, 0) is 15.6 Å². The van der Waals surface area contributed by atoms with Crippen LogP contribution in [0, 0.1) is 0 Å². The van der Waals surface area contributed by atoms with Crippen molar-refractivity contribution in [1.82, 2.24) is 0 Å². The van der Waals surface area contributed by atoms with Crippen LogP contribution in [0.3, 0.4) is 0 Å². The van der Waals surface area contributed by atoms with Gasteiger partial charge in [-0.3, -0.25) is 9.00 Å². The molecule has 0 bridgehead atoms. The van der Waals surface area contributed by atoms with Crippen molar-refractivity contribution in [3.05, 3.63) is 22.2 Å². The topological polar surface area (TPSA) is 72.2 Å². The highest BCUT2D eigenvalue weighted by Gasteiger charge is 2.22. The first-order valence-corrected chi connectivity index (χ1v) is 9.02. The minimum absolute atomic E-state index is 0.196. The van der Waals surface area contributed by atoms with E-state index in [2.05, 4.69) is 5.32 Å². The normalized spacial score (nSPS) is 16.9. The Morgan fingerprint density at radius 3 is 2.62 bits per heavy atom. The van der Waals surface area contributed by atoms with E-state index in [0.717, 1.165) is 25.7 Å². The zero-order chi connectivity index (χ0) is 15.4. The number of halogens is 2. The highest BCUT2D eigenvalue weighted by Crippen LogP contribution is 2.32. The van der Waals surface area contributed by atoms with Crippen molar-refractivity contribution < 1.29 is 9.00 Å². The summed E-state index contributed by atoms with van der Waals surface area (Å²) < 4.78 is 12.0. The van der Waals surface area contributed by atoms with E-state index in [-0.39, 0.29) is 17.6 Å². The third kappa shape index (κ3) is 4.59. The average Bonchev–Trinajstić information content (AvgIpc) is 2.94. The van der Waals surface area contributed by atoms with Gasteiger partial charge < -0.3 is 11.1 Å². The molecule has 4 nitrogen and oxygen atoms in total. The lowest BCUT2D eigenvalue weighted by Crippen LogP contribution is -2.20. The number of carbonyl (C=O) groups is 1. The van der Waals surface area contributed by atoms with E-state index in [1.807, 2.05) is 0 Å². The van der Waals surface area contributed by atoms with E-state index in [0.29, 0.717) is 27.2 Å². The van der Waals surface area contributed by atoms with Gasteiger partial charge in [0.1, 0.15) is 0 Å². The summed E-state index contributed by atoms with van der Waals surface area (Å²) in [6.45, 7) is 0. The number of benzene rings is 1. The summed E-state index contributed by atoms with van der Waals surface area (Å²) in [6, 6.07) is 3.05. The van der Waals surface area contributed by atoms with Gasteiger partial charge in [0.25, 0.3) is 0 Å². The van der Waals surface area contributed by atoms with Gasteiger partial charge in [-0.05, 0) is 25.0 Å². The van der Waals surface area contributed by atoms with Crippen molar-refractivity contribution in [3.8, 4) is 0 Å². The summed E-state index contributed by atoms with van der Waals surface area (Å²) in [6.07, 6.45) is 4.48. The van der Waals surface area contributed by atoms with Crippen LogP contribution in [0.25, 0.3) is 0 Å². The second kappa shape index (κ2) is 7.47. The molecular weight excluding hydrogens is 331 g/mol. The Bertz CT molecular complexity index is 537. The molecule has 3 N–H and O–H groups in total. The van der Waals surface area contributed by atoms with Gasteiger partial charge in [0.15, 0.2) is 0 Å². The molecule has 7 heteroatoms. The van der Waals surface area contributed by atoms with Crippen molar-refractivity contribution in [2.75, 3.05) is 16.8 Å². The molecule has 1 aliphatic rings. The fraction of sp³-hybridized carbons (Fsp3) is 0.500. The molecule has 116 valence electrons. The predicted molar refractivity (Wildman–Crippen MR) is 89.4 cm³/mol. The summed E-state index contributed by atoms with van der Waals surface area (Å²) in [5.74, 6) is 0.138. The molecule has 0 saturated heterocycles. The van der Waals surface area contributed by atoms with Crippen molar-refractivity contribution in [1.29, 1.82) is 0 Å². The molecule has 0 radical (unpaired) electrons. The van der Waals surface area contributed by atoms with Crippen LogP contribution < -0.4 is 11.1 Å². The Hall–Kier alpha value is -0.780. The second-order valence-electron chi connectivity index (χ2n) is 5.14. The molecule has 0 spiro atoms. The number of nitrogen functional groups attached to an aromatic ring is 1. The number of hydrogen-bond acceptors (Lipinski definition) is 3. The molecule has 1 amide bonds. The third-order valence-corrected chi connectivity index (χ3v) is 5.89. The fourth-order valence-corrected chi connectivity index (χ4v) is 4.57. The third-order valence-electron chi connectivity index (χ3n) is 3.55. The minimum Gasteiger partial charge on any atom is -0.397 e. The van der Waals surface area contributed by atoms with Crippen LogP contribution in [0.4, 0.5) is 11.4 Å². The Morgan fingerprint density at radius 1 is 1.33 bits per heavy atom. The van der Waals surface area contributed by atoms with Gasteiger partial charge in [-0.25, -0.2) is 0 Å². The van der Waals surface area contributed by atoms with Crippen LogP contribution in [0.2, 0.25) is 10.0 Å². The van der Waals surface area contributed by atoms with E-state index < -0.39 is 10.8 Å². The molecule has 1 fully saturated rings. The van der Waals surface area contributed by atoms with E-state index in [4.69, 9.17) is 28.9 Å². The van der Waals surface area contributed by atoms with Gasteiger partial charge in [-0.1, -0.05) is 36.0 Å². The fourth-order valence-electron chi connectivity index (χ4n) is 2.44. The number of anilines is 2. The standard InChI is InChI=1S/C14H18Cl2N2O2S/c15-9-7-11(16)14(12(17)8-9)18-13(19)5-6-21(20)10-3-1-2-4-10/h7-8,10H,1-6,17H2,(H,18,19). The molecule has 0 heterocycles. The molecular formula is C14H18Cl2N2O2S. The SMILES string of the molecule is Nc1cc(Cl)cc(Cl)c1NC(=O)CCS(=O)C1CCCC1. The minimum atomic E-state index is -0.934. The molecule has 0 aliphatic heterocycles. The van der Waals surface area contributed by atoms with Crippen molar-refractivity contribution in [2.45, 2.75) is 37.4 Å². The number of carbonyl (C=O) groups excluding carboxylic acids is 1. The van der Waals surface area contributed by atoms with Gasteiger partial charge in [0.2, 0.25) is 5.91 Å². The van der Waals surface area contributed by atoms with Gasteiger partial charge >= 0.3 is 0 Å². The first-order chi connectivity index (χ1) is 9.97. The molecule has 1 aromatic carbocycles. The summed E-state index contributed by atoms with van der Waals surface area (Å²) in [5.41, 5.74) is 6.46. The van der Waals surface area contributed by atoms with E-state index in [1.165, 1.54) is 12.1 Å². The van der Waals surface area contributed by atoms with Crippen molar-refractivity contribution in [2.24, 2.45) is 0 Å². The van der Waals surface area contributed by atoms with Crippen molar-refractivity contribution >= 4 is 51.3 Å². The van der Waals surface area contributed by atoms with Gasteiger partial charge in [-0.15, -0.1) is 0 Å². The molecule has 1 saturated carbocycles. The van der Waals surface area contributed by atoms with Crippen LogP contribution >= 0.6 is 23.2 Å². The summed E-state index contributed by atoms with van der Waals surface area (Å²) in [5, 5.41) is 3.63. The quantitative estimate of drug-likeness (QED) is 0.798. The monoisotopic (exact) mass is 348 g/mol. The van der Waals surface area contributed by atoms with Gasteiger partial charge in [0, 0.05) is 33.2 Å². The van der Waals surface area contributed by atoms with Crippen LogP contribution in [-0.4, -0.2) is 21.1 Å². The molecule has 1 unspecified atom stereocenters. The summed E-state index contributed by atoms with van der Waals surface area (Å²) in [7, 11) is -0.934. The largest absolute Gasteiger partial charge is 0.397 e. The number of amides is 1. The maximum absolute atomic E-state index is 12.0. The average molecular weight is 349 g/mol. The molecule has 2 rings (SSSR count). The Labute approximate surface area is 136 Å². The van der Waals surface area contributed by atoms with Crippen molar-refractivity contribution in [3.63, 3.8) is 0 Å². The second-order valence-corrected chi connectivity index (χ2v) is 7.82. The lowest BCUT2D eigenvalue weighted by Gasteiger charge is -2.12. The number of rotatable bonds is 5. The first-order valence-electron chi connectivity index (χ1n) is 6.89. The van der Waals surface area contributed by atoms with E-state index >= 15 is 0 Å². The zero-order valence-electron chi connectivity index (χ0n) is 11.5. The van der Waals surface area contributed by atoms with E-state index in [1.54, 1.807) is 0 Å². The number of hydrogen-bond donors (Lipinski definition) is 2. The molecule has 21 heavy (non-hydrogen) atoms. The summed E-state index contributed by atoms with van der Waals surface area (Å²) in [4.78, 5) is 11.9. The maximum atomic E-state index is 12.0. The highest BCUT2D eigenvalue weighted by atomic mass is 35.5. The number of nitrogens with two attached hydrogens (primary N) is 1. The molecule has 1 atom stereocenters. The maximum Gasteiger partial charge on any atom is 0.225 e. The van der Waals surface area contributed by atoms with E-state index in [9.17, 15) is 9.00 Å². The Morgan fingerprint density at radius 2 is 2.00 bits per heavy atom. The molecule has 1 aliphatic carbocycles. The summed E-state index contributed by atoms with van der Waals surface area (Å²) >= 11 is 11.8. The smallest absolute Gasteiger partial charge is 0.225 e. The Kier molecular flexibility index (Phi) is 5.90. The van der Waals surface area contributed by atoms with Crippen LogP contribution in [0.5, 0.6) is 0 Å². The van der Waals surface area contributed by atoms with Gasteiger partial charge in [-0.2, -0.15) is 0 Å². The van der Waals surface area contributed by atoms with Crippen LogP contribution in [0.1, 0.15) is 32.1 Å². The zero-order valence-corrected chi connectivity index (χ0v) is 13.9. The molecule has 1 aromatic rings. The Balaban J connectivity index is 1.88. The predicted octanol–water partition coefficient (Wildman–Crippen LogP) is 3.60.